The van der Waals surface area contributed by atoms with Crippen molar-refractivity contribution in [3.8, 4) is 17.0 Å². The Kier molecular flexibility index (Phi) is 9.25. The summed E-state index contributed by atoms with van der Waals surface area (Å²) >= 11 is 3.46. The van der Waals surface area contributed by atoms with Crippen molar-refractivity contribution < 1.29 is 32.2 Å². The molecule has 0 aliphatic heterocycles. The number of aromatic nitrogens is 1. The van der Waals surface area contributed by atoms with Gasteiger partial charge in [0.2, 0.25) is 0 Å². The molecule has 220 valence electrons. The molecular weight excluding hydrogens is 613 g/mol. The van der Waals surface area contributed by atoms with Crippen LogP contribution in [-0.2, 0) is 9.53 Å². The lowest BCUT2D eigenvalue weighted by Gasteiger charge is -2.24. The van der Waals surface area contributed by atoms with Crippen LogP contribution in [0.25, 0.3) is 22.2 Å². The number of carbonyl (C=O) groups is 2. The summed E-state index contributed by atoms with van der Waals surface area (Å²) in [6.45, 7) is 6.73. The number of nitrogens with zero attached hydrogens (tertiary/aromatic N) is 1. The second kappa shape index (κ2) is 12.5. The molecular formula is C32H30BrF3N2O4. The number of rotatable bonds is 8. The molecule has 1 N–H and O–H groups in total. The third-order valence-corrected chi connectivity index (χ3v) is 6.88. The van der Waals surface area contributed by atoms with Gasteiger partial charge in [0, 0.05) is 27.9 Å². The number of nitrogens with one attached hydrogen (secondary N) is 1. The summed E-state index contributed by atoms with van der Waals surface area (Å²) in [5, 5.41) is 3.46. The Hall–Kier alpha value is -3.92. The van der Waals surface area contributed by atoms with Gasteiger partial charge in [-0.25, -0.2) is 4.98 Å². The van der Waals surface area contributed by atoms with Crippen LogP contribution in [0.5, 0.6) is 5.75 Å². The number of para-hydroxylation sites is 1. The minimum Gasteiger partial charge on any atom is -0.460 e. The average Bonchev–Trinajstić information content (AvgIpc) is 2.89. The minimum absolute atomic E-state index is 0.116. The molecule has 0 saturated carbocycles. The molecule has 1 unspecified atom stereocenters. The number of amides is 1. The largest absolute Gasteiger partial charge is 0.573 e. The van der Waals surface area contributed by atoms with Gasteiger partial charge in [0.15, 0.2) is 0 Å². The van der Waals surface area contributed by atoms with Crippen molar-refractivity contribution in [3.05, 3.63) is 94.0 Å². The van der Waals surface area contributed by atoms with Gasteiger partial charge >= 0.3 is 12.3 Å². The van der Waals surface area contributed by atoms with E-state index in [1.54, 1.807) is 45.9 Å². The highest BCUT2D eigenvalue weighted by Crippen LogP contribution is 2.34. The highest BCUT2D eigenvalue weighted by atomic mass is 79.9. The summed E-state index contributed by atoms with van der Waals surface area (Å²) in [5.41, 5.74) is 2.37. The lowest BCUT2D eigenvalue weighted by molar-refractivity contribution is -0.275. The zero-order valence-electron chi connectivity index (χ0n) is 23.5. The maximum absolute atomic E-state index is 13.9. The van der Waals surface area contributed by atoms with Crippen LogP contribution >= 0.6 is 15.9 Å². The van der Waals surface area contributed by atoms with E-state index in [9.17, 15) is 22.8 Å². The van der Waals surface area contributed by atoms with Crippen LogP contribution in [0.4, 0.5) is 13.2 Å². The monoisotopic (exact) mass is 642 g/mol. The van der Waals surface area contributed by atoms with Crippen molar-refractivity contribution in [2.45, 2.75) is 52.0 Å². The number of benzene rings is 3. The molecule has 0 saturated heterocycles. The molecule has 4 rings (SSSR count). The molecule has 0 radical (unpaired) electrons. The second-order valence-corrected chi connectivity index (χ2v) is 11.7. The van der Waals surface area contributed by atoms with E-state index in [0.29, 0.717) is 27.7 Å². The summed E-state index contributed by atoms with van der Waals surface area (Å²) < 4.78 is 50.1. The van der Waals surface area contributed by atoms with Gasteiger partial charge in [-0.2, -0.15) is 0 Å². The number of carbonyl (C=O) groups excluding carboxylic acids is 2. The van der Waals surface area contributed by atoms with Gasteiger partial charge in [-0.05, 0) is 63.1 Å². The lowest BCUT2D eigenvalue weighted by Crippen LogP contribution is -2.32. The third-order valence-electron chi connectivity index (χ3n) is 6.39. The zero-order valence-corrected chi connectivity index (χ0v) is 25.1. The van der Waals surface area contributed by atoms with Gasteiger partial charge in [-0.15, -0.1) is 13.2 Å². The smallest absolute Gasteiger partial charge is 0.460 e. The fourth-order valence-corrected chi connectivity index (χ4v) is 5.08. The summed E-state index contributed by atoms with van der Waals surface area (Å²) in [4.78, 5) is 31.5. The van der Waals surface area contributed by atoms with Crippen molar-refractivity contribution in [1.29, 1.82) is 0 Å². The van der Waals surface area contributed by atoms with Crippen molar-refractivity contribution >= 4 is 38.7 Å². The molecule has 1 atom stereocenters. The summed E-state index contributed by atoms with van der Waals surface area (Å²) in [6.07, 6.45) is -5.23. The van der Waals surface area contributed by atoms with Gasteiger partial charge in [-0.3, -0.25) is 9.59 Å². The molecule has 4 aromatic rings. The maximum atomic E-state index is 13.9. The number of alkyl halides is 3. The Balaban J connectivity index is 1.73. The first-order valence-corrected chi connectivity index (χ1v) is 14.0. The first-order chi connectivity index (χ1) is 19.7. The molecule has 10 heteroatoms. The number of hydrogen-bond donors (Lipinski definition) is 1. The fraction of sp³-hybridized carbons (Fsp3) is 0.281. The highest BCUT2D eigenvalue weighted by molar-refractivity contribution is 9.10. The topological polar surface area (TPSA) is 77.5 Å². The quantitative estimate of drug-likeness (QED) is 0.196. The molecule has 0 bridgehead atoms. The van der Waals surface area contributed by atoms with E-state index in [4.69, 9.17) is 9.72 Å². The van der Waals surface area contributed by atoms with Gasteiger partial charge in [0.25, 0.3) is 5.91 Å². The SMILES string of the molecule is Cc1c(-c2ccccc2)nc2ccc(Br)cc2c1C(=O)NCC(CC(=O)OC(C)(C)C)c1ccccc1OC(F)(F)F. The normalized spacial score (nSPS) is 12.6. The van der Waals surface area contributed by atoms with Crippen LogP contribution in [0.1, 0.15) is 54.6 Å². The Labute approximate surface area is 250 Å². The first kappa shape index (κ1) is 31.0. The number of ether oxygens (including phenoxy) is 2. The zero-order chi connectivity index (χ0) is 30.7. The second-order valence-electron chi connectivity index (χ2n) is 10.8. The molecule has 42 heavy (non-hydrogen) atoms. The number of hydrogen-bond acceptors (Lipinski definition) is 5. The number of esters is 1. The predicted octanol–water partition coefficient (Wildman–Crippen LogP) is 8.12. The van der Waals surface area contributed by atoms with Crippen molar-refractivity contribution in [1.82, 2.24) is 10.3 Å². The molecule has 0 spiro atoms. The molecule has 6 nitrogen and oxygen atoms in total. The Morgan fingerprint density at radius 3 is 2.31 bits per heavy atom. The van der Waals surface area contributed by atoms with Crippen LogP contribution < -0.4 is 10.1 Å². The molecule has 0 aliphatic rings. The summed E-state index contributed by atoms with van der Waals surface area (Å²) in [6, 6.07) is 20.4. The van der Waals surface area contributed by atoms with Crippen LogP contribution in [-0.4, -0.2) is 35.4 Å². The summed E-state index contributed by atoms with van der Waals surface area (Å²) in [5.74, 6) is -2.41. The Morgan fingerprint density at radius 1 is 0.976 bits per heavy atom. The van der Waals surface area contributed by atoms with Gasteiger partial charge in [0.1, 0.15) is 11.4 Å². The summed E-state index contributed by atoms with van der Waals surface area (Å²) in [7, 11) is 0. The molecule has 1 amide bonds. The van der Waals surface area contributed by atoms with Crippen LogP contribution in [0.3, 0.4) is 0 Å². The van der Waals surface area contributed by atoms with Gasteiger partial charge in [-0.1, -0.05) is 64.5 Å². The molecule has 3 aromatic carbocycles. The van der Waals surface area contributed by atoms with E-state index in [-0.39, 0.29) is 18.5 Å². The average molecular weight is 644 g/mol. The maximum Gasteiger partial charge on any atom is 0.573 e. The van der Waals surface area contributed by atoms with Crippen LogP contribution in [0.2, 0.25) is 0 Å². The first-order valence-electron chi connectivity index (χ1n) is 13.2. The fourth-order valence-electron chi connectivity index (χ4n) is 4.72. The van der Waals surface area contributed by atoms with Crippen molar-refractivity contribution in [2.75, 3.05) is 6.54 Å². The van der Waals surface area contributed by atoms with Crippen LogP contribution in [0, 0.1) is 6.92 Å². The molecule has 0 fully saturated rings. The molecule has 1 heterocycles. The minimum atomic E-state index is -4.94. The van der Waals surface area contributed by atoms with E-state index in [0.717, 1.165) is 10.0 Å². The third kappa shape index (κ3) is 7.88. The Morgan fingerprint density at radius 2 is 1.64 bits per heavy atom. The standard InChI is InChI=1S/C32H30BrF3N2O4/c1-19-28(24-17-22(33)14-15-25(24)38-29(19)20-10-6-5-7-11-20)30(40)37-18-21(16-27(39)42-31(2,3)4)23-12-8-9-13-26(23)41-32(34,35)36/h5-15,17,21H,16,18H2,1-4H3,(H,37,40). The van der Waals surface area contributed by atoms with Crippen LogP contribution in [0.15, 0.2) is 77.3 Å². The predicted molar refractivity (Wildman–Crippen MR) is 158 cm³/mol. The molecule has 0 aliphatic carbocycles. The van der Waals surface area contributed by atoms with E-state index in [1.807, 2.05) is 36.4 Å². The van der Waals surface area contributed by atoms with Gasteiger partial charge in [0.05, 0.1) is 23.2 Å². The van der Waals surface area contributed by atoms with E-state index in [2.05, 4.69) is 26.0 Å². The van der Waals surface area contributed by atoms with E-state index in [1.165, 1.54) is 18.2 Å². The number of pyridine rings is 1. The highest BCUT2D eigenvalue weighted by Gasteiger charge is 2.34. The van der Waals surface area contributed by atoms with E-state index >= 15 is 0 Å². The number of fused-ring (bicyclic) bond motifs is 1. The van der Waals surface area contributed by atoms with E-state index < -0.39 is 35.5 Å². The van der Waals surface area contributed by atoms with Crippen molar-refractivity contribution in [2.24, 2.45) is 0 Å². The van der Waals surface area contributed by atoms with Crippen molar-refractivity contribution in [3.63, 3.8) is 0 Å². The lowest BCUT2D eigenvalue weighted by atomic mass is 9.93. The van der Waals surface area contributed by atoms with Gasteiger partial charge < -0.3 is 14.8 Å². The molecule has 1 aromatic heterocycles. The number of halogens is 4. The Bertz CT molecular complexity index is 1600.